The van der Waals surface area contributed by atoms with Crippen molar-refractivity contribution >= 4 is 33.5 Å². The van der Waals surface area contributed by atoms with Crippen LogP contribution >= 0.6 is 11.8 Å². The highest BCUT2D eigenvalue weighted by Gasteiger charge is 2.36. The summed E-state index contributed by atoms with van der Waals surface area (Å²) < 4.78 is 24.7. The molecule has 0 bridgehead atoms. The lowest BCUT2D eigenvalue weighted by atomic mass is 9.84. The van der Waals surface area contributed by atoms with Gasteiger partial charge in [-0.2, -0.15) is 11.8 Å². The summed E-state index contributed by atoms with van der Waals surface area (Å²) in [6, 6.07) is 13.0. The number of carbonyl (C=O) groups is 2. The topological polar surface area (TPSA) is 104 Å². The van der Waals surface area contributed by atoms with Gasteiger partial charge in [0.25, 0.3) is 5.91 Å². The van der Waals surface area contributed by atoms with E-state index in [1.54, 1.807) is 17.8 Å². The first-order valence-corrected chi connectivity index (χ1v) is 18.7. The zero-order valence-electron chi connectivity index (χ0n) is 25.2. The van der Waals surface area contributed by atoms with Crippen LogP contribution in [0.1, 0.15) is 79.3 Å². The van der Waals surface area contributed by atoms with Gasteiger partial charge in [0.05, 0.1) is 5.75 Å². The molecule has 0 unspecified atom stereocenters. The molecule has 0 spiro atoms. The quantitative estimate of drug-likeness (QED) is 0.288. The van der Waals surface area contributed by atoms with Crippen molar-refractivity contribution in [2.45, 2.75) is 89.4 Å². The average molecular weight is 615 g/mol. The minimum Gasteiger partial charge on any atom is -0.480 e. The van der Waals surface area contributed by atoms with E-state index in [4.69, 9.17) is 0 Å². The third kappa shape index (κ3) is 8.83. The molecular weight excluding hydrogens is 569 g/mol. The summed E-state index contributed by atoms with van der Waals surface area (Å²) in [5, 5.41) is 12.5. The first-order valence-electron chi connectivity index (χ1n) is 15.2. The summed E-state index contributed by atoms with van der Waals surface area (Å²) in [7, 11) is -3.13. The van der Waals surface area contributed by atoms with Gasteiger partial charge in [0.15, 0.2) is 0 Å². The highest BCUT2D eigenvalue weighted by molar-refractivity contribution is 7.98. The van der Waals surface area contributed by atoms with Gasteiger partial charge >= 0.3 is 5.97 Å². The molecule has 9 heteroatoms. The molecule has 1 heterocycles. The van der Waals surface area contributed by atoms with Crippen molar-refractivity contribution in [3.63, 3.8) is 0 Å². The fraction of sp³-hybridized carbons (Fsp3) is 0.576. The van der Waals surface area contributed by atoms with Gasteiger partial charge in [-0.05, 0) is 84.9 Å². The van der Waals surface area contributed by atoms with E-state index in [0.29, 0.717) is 36.2 Å². The minimum atomic E-state index is -3.13. The maximum atomic E-state index is 13.5. The van der Waals surface area contributed by atoms with Gasteiger partial charge in [0.2, 0.25) is 0 Å². The summed E-state index contributed by atoms with van der Waals surface area (Å²) in [6.45, 7) is 2.62. The van der Waals surface area contributed by atoms with Gasteiger partial charge in [-0.3, -0.25) is 9.69 Å². The van der Waals surface area contributed by atoms with Gasteiger partial charge in [-0.15, -0.1) is 0 Å². The zero-order valence-corrected chi connectivity index (χ0v) is 26.8. The predicted octanol–water partition coefficient (Wildman–Crippen LogP) is 5.95. The maximum Gasteiger partial charge on any atom is 0.326 e. The lowest BCUT2D eigenvalue weighted by molar-refractivity contribution is -0.139. The van der Waals surface area contributed by atoms with Crippen LogP contribution in [0.3, 0.4) is 0 Å². The van der Waals surface area contributed by atoms with Crippen LogP contribution < -0.4 is 5.32 Å². The van der Waals surface area contributed by atoms with Gasteiger partial charge < -0.3 is 10.4 Å². The molecule has 230 valence electrons. The zero-order chi connectivity index (χ0) is 30.3. The SMILES string of the molecule is CSCC[C@H](NC(=O)c1ccc(CN2[C@@H](CS(C)(=O)=O)CC[C@H]2CC2CCCCC2)cc1-c1ccccc1C)C(=O)O. The van der Waals surface area contributed by atoms with Crippen molar-refractivity contribution in [1.82, 2.24) is 10.2 Å². The number of sulfone groups is 1. The van der Waals surface area contributed by atoms with Crippen LogP contribution in [0.2, 0.25) is 0 Å². The minimum absolute atomic E-state index is 0.0220. The molecule has 0 aromatic heterocycles. The number of likely N-dealkylation sites (tertiary alicyclic amines) is 1. The van der Waals surface area contributed by atoms with E-state index in [1.807, 2.05) is 49.6 Å². The third-order valence-corrected chi connectivity index (χ3v) is 10.6. The van der Waals surface area contributed by atoms with Crippen molar-refractivity contribution in [3.05, 3.63) is 59.2 Å². The molecule has 2 aromatic rings. The number of benzene rings is 2. The molecule has 1 amide bonds. The molecule has 3 atom stereocenters. The van der Waals surface area contributed by atoms with Crippen LogP contribution in [0.25, 0.3) is 11.1 Å². The smallest absolute Gasteiger partial charge is 0.326 e. The number of carbonyl (C=O) groups excluding carboxylic acids is 1. The Kier molecular flexibility index (Phi) is 11.5. The van der Waals surface area contributed by atoms with E-state index in [9.17, 15) is 23.1 Å². The van der Waals surface area contributed by atoms with Crippen LogP contribution in [0.4, 0.5) is 0 Å². The summed E-state index contributed by atoms with van der Waals surface area (Å²) in [6.07, 6.45) is 13.0. The molecule has 1 aliphatic heterocycles. The Labute approximate surface area is 255 Å². The Morgan fingerprint density at radius 1 is 1.02 bits per heavy atom. The van der Waals surface area contributed by atoms with E-state index in [1.165, 1.54) is 38.4 Å². The Morgan fingerprint density at radius 3 is 2.40 bits per heavy atom. The number of thioether (sulfide) groups is 1. The largest absolute Gasteiger partial charge is 0.480 e. The molecule has 1 aliphatic carbocycles. The number of amides is 1. The van der Waals surface area contributed by atoms with Crippen molar-refractivity contribution in [2.75, 3.05) is 24.0 Å². The van der Waals surface area contributed by atoms with E-state index in [2.05, 4.69) is 10.2 Å². The normalized spacial score (nSPS) is 20.8. The number of nitrogens with zero attached hydrogens (tertiary/aromatic N) is 1. The van der Waals surface area contributed by atoms with Crippen molar-refractivity contribution in [3.8, 4) is 11.1 Å². The first kappa shape index (κ1) is 32.6. The summed E-state index contributed by atoms with van der Waals surface area (Å²) in [4.78, 5) is 27.8. The number of rotatable bonds is 13. The third-order valence-electron chi connectivity index (χ3n) is 8.94. The molecule has 2 aliphatic rings. The summed E-state index contributed by atoms with van der Waals surface area (Å²) in [5.41, 5.74) is 4.17. The Bertz CT molecular complexity index is 1340. The van der Waals surface area contributed by atoms with E-state index in [-0.39, 0.29) is 11.8 Å². The van der Waals surface area contributed by atoms with Crippen molar-refractivity contribution in [1.29, 1.82) is 0 Å². The Balaban J connectivity index is 1.65. The predicted molar refractivity (Wildman–Crippen MR) is 172 cm³/mol. The number of aryl methyl sites for hydroxylation is 1. The van der Waals surface area contributed by atoms with Crippen LogP contribution in [-0.2, 0) is 21.2 Å². The number of carboxylic acids is 1. The Morgan fingerprint density at radius 2 is 1.74 bits per heavy atom. The van der Waals surface area contributed by atoms with Crippen molar-refractivity contribution < 1.29 is 23.1 Å². The molecule has 2 N–H and O–H groups in total. The molecule has 1 saturated carbocycles. The Hall–Kier alpha value is -2.36. The first-order chi connectivity index (χ1) is 20.1. The fourth-order valence-electron chi connectivity index (χ4n) is 6.79. The lowest BCUT2D eigenvalue weighted by Gasteiger charge is -2.33. The van der Waals surface area contributed by atoms with Gasteiger partial charge in [0, 0.05) is 30.4 Å². The van der Waals surface area contributed by atoms with Gasteiger partial charge in [0.1, 0.15) is 15.9 Å². The second kappa shape index (κ2) is 14.9. The molecule has 2 aromatic carbocycles. The second-order valence-corrected chi connectivity index (χ2v) is 15.4. The number of hydrogen-bond donors (Lipinski definition) is 2. The highest BCUT2D eigenvalue weighted by Crippen LogP contribution is 2.36. The van der Waals surface area contributed by atoms with E-state index >= 15 is 0 Å². The average Bonchev–Trinajstić information content (AvgIpc) is 3.30. The van der Waals surface area contributed by atoms with Crippen LogP contribution in [0.15, 0.2) is 42.5 Å². The van der Waals surface area contributed by atoms with Gasteiger partial charge in [-0.1, -0.05) is 62.4 Å². The molecule has 2 fully saturated rings. The van der Waals surface area contributed by atoms with Gasteiger partial charge in [-0.25, -0.2) is 13.2 Å². The van der Waals surface area contributed by atoms with Crippen LogP contribution in [0, 0.1) is 12.8 Å². The number of aliphatic carboxylic acids is 1. The number of carboxylic acid groups (broad SMARTS) is 1. The molecule has 1 saturated heterocycles. The van der Waals surface area contributed by atoms with E-state index in [0.717, 1.165) is 41.5 Å². The summed E-state index contributed by atoms with van der Waals surface area (Å²) >= 11 is 1.55. The van der Waals surface area contributed by atoms with Crippen LogP contribution in [-0.4, -0.2) is 72.4 Å². The molecule has 7 nitrogen and oxygen atoms in total. The maximum absolute atomic E-state index is 13.5. The number of hydrogen-bond acceptors (Lipinski definition) is 6. The lowest BCUT2D eigenvalue weighted by Crippen LogP contribution is -2.41. The van der Waals surface area contributed by atoms with Crippen LogP contribution in [0.5, 0.6) is 0 Å². The fourth-order valence-corrected chi connectivity index (χ4v) is 8.32. The highest BCUT2D eigenvalue weighted by atomic mass is 32.2. The second-order valence-electron chi connectivity index (χ2n) is 12.2. The number of nitrogens with one attached hydrogen (secondary N) is 1. The summed E-state index contributed by atoms with van der Waals surface area (Å²) in [5.74, 6) is 0.0466. The molecule has 0 radical (unpaired) electrons. The molecule has 42 heavy (non-hydrogen) atoms. The van der Waals surface area contributed by atoms with E-state index < -0.39 is 27.8 Å². The van der Waals surface area contributed by atoms with Crippen molar-refractivity contribution in [2.24, 2.45) is 5.92 Å². The standard InChI is InChI=1S/C33H46N2O5S2/c1-23-9-7-8-12-28(23)30-20-25(13-16-29(30)32(36)34-31(33(37)38)17-18-41-2)21-35-26(19-24-10-5-4-6-11-24)14-15-27(35)22-42(3,39)40/h7-9,12-13,16,20,24,26-27,31H,4-6,10-11,14-15,17-19,21-22H2,1-3H3,(H,34,36)(H,37,38)/t26-,27+,31-/m0/s1. The molecule has 4 rings (SSSR count). The molecular formula is C33H46N2O5S2. The monoisotopic (exact) mass is 614 g/mol.